The maximum atomic E-state index is 12.9. The Morgan fingerprint density at radius 2 is 1.81 bits per heavy atom. The fraction of sp³-hybridized carbons (Fsp3) is 0.409. The van der Waals surface area contributed by atoms with Crippen molar-refractivity contribution in [1.29, 1.82) is 0 Å². The largest absolute Gasteiger partial charge is 0.379 e. The number of thioether (sulfide) groups is 1. The first-order valence-electron chi connectivity index (χ1n) is 10.4. The maximum absolute atomic E-state index is 12.9. The first kappa shape index (κ1) is 22.3. The van der Waals surface area contributed by atoms with E-state index in [4.69, 9.17) is 9.47 Å². The lowest BCUT2D eigenvalue weighted by Crippen LogP contribution is -2.40. The van der Waals surface area contributed by atoms with Crippen molar-refractivity contribution in [3.63, 3.8) is 0 Å². The van der Waals surface area contributed by atoms with Gasteiger partial charge in [-0.15, -0.1) is 11.8 Å². The fourth-order valence-corrected chi connectivity index (χ4v) is 6.11. The average molecular weight is 463 g/mol. The molecule has 1 atom stereocenters. The molecule has 0 bridgehead atoms. The van der Waals surface area contributed by atoms with E-state index in [2.05, 4.69) is 5.32 Å². The molecule has 2 fully saturated rings. The summed E-state index contributed by atoms with van der Waals surface area (Å²) in [5, 5.41) is 2.87. The van der Waals surface area contributed by atoms with E-state index in [1.807, 2.05) is 18.2 Å². The highest BCUT2D eigenvalue weighted by atomic mass is 32.2. The van der Waals surface area contributed by atoms with Gasteiger partial charge in [0.15, 0.2) is 0 Å². The molecule has 2 aliphatic heterocycles. The van der Waals surface area contributed by atoms with Gasteiger partial charge in [-0.3, -0.25) is 4.79 Å². The summed E-state index contributed by atoms with van der Waals surface area (Å²) in [4.78, 5) is 14.0. The van der Waals surface area contributed by atoms with Crippen LogP contribution in [-0.4, -0.2) is 63.4 Å². The van der Waals surface area contributed by atoms with Gasteiger partial charge in [0.1, 0.15) is 0 Å². The Morgan fingerprint density at radius 3 is 2.52 bits per heavy atom. The van der Waals surface area contributed by atoms with Crippen LogP contribution in [0, 0.1) is 0 Å². The van der Waals surface area contributed by atoms with E-state index in [9.17, 15) is 13.2 Å². The van der Waals surface area contributed by atoms with Crippen molar-refractivity contribution in [1.82, 2.24) is 4.31 Å². The molecule has 166 valence electrons. The number of hydrogen-bond donors (Lipinski definition) is 1. The number of morpholine rings is 1. The predicted molar refractivity (Wildman–Crippen MR) is 120 cm³/mol. The standard InChI is InChI=1S/C22H26N2O5S2/c25-22(20-5-1-2-6-21(20)30-16-18-4-3-13-29-18)23-17-7-9-19(10-8-17)31(26,27)24-11-14-28-15-12-24/h1-2,5-10,18H,3-4,11-16H2,(H,23,25)/t18-/m0/s1. The van der Waals surface area contributed by atoms with E-state index >= 15 is 0 Å². The number of nitrogens with one attached hydrogen (secondary N) is 1. The fourth-order valence-electron chi connectivity index (χ4n) is 3.58. The molecule has 2 heterocycles. The number of carbonyl (C=O) groups is 1. The maximum Gasteiger partial charge on any atom is 0.256 e. The van der Waals surface area contributed by atoms with Crippen LogP contribution in [0.25, 0.3) is 0 Å². The van der Waals surface area contributed by atoms with Crippen LogP contribution >= 0.6 is 11.8 Å². The molecule has 2 aromatic rings. The summed E-state index contributed by atoms with van der Waals surface area (Å²) in [6.45, 7) is 2.31. The molecule has 1 N–H and O–H groups in total. The Morgan fingerprint density at radius 1 is 1.06 bits per heavy atom. The number of sulfonamides is 1. The van der Waals surface area contributed by atoms with Gasteiger partial charge in [-0.25, -0.2) is 8.42 Å². The van der Waals surface area contributed by atoms with Crippen LogP contribution in [0.1, 0.15) is 23.2 Å². The van der Waals surface area contributed by atoms with Gasteiger partial charge in [-0.1, -0.05) is 12.1 Å². The Hall–Kier alpha value is -1.91. The molecule has 0 aliphatic carbocycles. The molecule has 0 aromatic heterocycles. The van der Waals surface area contributed by atoms with Crippen molar-refractivity contribution >= 4 is 33.4 Å². The third-order valence-electron chi connectivity index (χ3n) is 5.30. The summed E-state index contributed by atoms with van der Waals surface area (Å²) in [6.07, 6.45) is 2.38. The smallest absolute Gasteiger partial charge is 0.256 e. The number of rotatable bonds is 7. The predicted octanol–water partition coefficient (Wildman–Crippen LogP) is 3.23. The summed E-state index contributed by atoms with van der Waals surface area (Å²) in [6, 6.07) is 13.8. The van der Waals surface area contributed by atoms with E-state index in [1.54, 1.807) is 30.0 Å². The second-order valence-corrected chi connectivity index (χ2v) is 10.4. The second kappa shape index (κ2) is 10.1. The van der Waals surface area contributed by atoms with Crippen LogP contribution in [-0.2, 0) is 19.5 Å². The highest BCUT2D eigenvalue weighted by Crippen LogP contribution is 2.27. The van der Waals surface area contributed by atoms with Crippen molar-refractivity contribution in [2.75, 3.05) is 44.0 Å². The first-order valence-corrected chi connectivity index (χ1v) is 12.8. The molecule has 0 spiro atoms. The number of anilines is 1. The van der Waals surface area contributed by atoms with Crippen LogP contribution in [0.2, 0.25) is 0 Å². The van der Waals surface area contributed by atoms with Gasteiger partial charge in [0, 0.05) is 36.0 Å². The molecule has 7 nitrogen and oxygen atoms in total. The van der Waals surface area contributed by atoms with Gasteiger partial charge in [0.25, 0.3) is 5.91 Å². The number of carbonyl (C=O) groups excluding carboxylic acids is 1. The molecule has 2 aliphatic rings. The lowest BCUT2D eigenvalue weighted by molar-refractivity contribution is 0.0730. The van der Waals surface area contributed by atoms with Gasteiger partial charge in [0.2, 0.25) is 10.0 Å². The minimum atomic E-state index is -3.56. The first-order chi connectivity index (χ1) is 15.0. The van der Waals surface area contributed by atoms with Gasteiger partial charge >= 0.3 is 0 Å². The van der Waals surface area contributed by atoms with E-state index in [0.29, 0.717) is 37.6 Å². The van der Waals surface area contributed by atoms with Gasteiger partial charge < -0.3 is 14.8 Å². The summed E-state index contributed by atoms with van der Waals surface area (Å²) in [7, 11) is -3.56. The Balaban J connectivity index is 1.42. The quantitative estimate of drug-likeness (QED) is 0.636. The summed E-state index contributed by atoms with van der Waals surface area (Å²) in [5.41, 5.74) is 1.14. The minimum Gasteiger partial charge on any atom is -0.379 e. The molecule has 31 heavy (non-hydrogen) atoms. The highest BCUT2D eigenvalue weighted by molar-refractivity contribution is 7.99. The van der Waals surface area contributed by atoms with Crippen molar-refractivity contribution in [3.8, 4) is 0 Å². The monoisotopic (exact) mass is 462 g/mol. The van der Waals surface area contributed by atoms with E-state index < -0.39 is 10.0 Å². The molecule has 2 aromatic carbocycles. The molecule has 0 unspecified atom stereocenters. The van der Waals surface area contributed by atoms with Gasteiger partial charge in [0.05, 0.1) is 29.8 Å². The number of hydrogen-bond acceptors (Lipinski definition) is 6. The van der Waals surface area contributed by atoms with Crippen LogP contribution in [0.15, 0.2) is 58.3 Å². The van der Waals surface area contributed by atoms with E-state index in [-0.39, 0.29) is 16.9 Å². The van der Waals surface area contributed by atoms with Crippen LogP contribution in [0.4, 0.5) is 5.69 Å². The van der Waals surface area contributed by atoms with E-state index in [0.717, 1.165) is 30.1 Å². The highest BCUT2D eigenvalue weighted by Gasteiger charge is 2.26. The molecular weight excluding hydrogens is 436 g/mol. The second-order valence-electron chi connectivity index (χ2n) is 7.44. The summed E-state index contributed by atoms with van der Waals surface area (Å²) >= 11 is 1.62. The Kier molecular flexibility index (Phi) is 7.29. The lowest BCUT2D eigenvalue weighted by atomic mass is 10.2. The zero-order chi connectivity index (χ0) is 21.7. The topological polar surface area (TPSA) is 84.9 Å². The lowest BCUT2D eigenvalue weighted by Gasteiger charge is -2.26. The summed E-state index contributed by atoms with van der Waals surface area (Å²) in [5.74, 6) is 0.595. The minimum absolute atomic E-state index is 0.208. The van der Waals surface area contributed by atoms with Crippen LogP contribution in [0.5, 0.6) is 0 Å². The average Bonchev–Trinajstić information content (AvgIpc) is 3.32. The van der Waals surface area contributed by atoms with Gasteiger partial charge in [-0.05, 0) is 49.2 Å². The SMILES string of the molecule is O=C(Nc1ccc(S(=O)(=O)N2CCOCC2)cc1)c1ccccc1SC[C@@H]1CCCO1. The Bertz CT molecular complexity index is 999. The summed E-state index contributed by atoms with van der Waals surface area (Å²) < 4.78 is 37.8. The van der Waals surface area contributed by atoms with E-state index in [1.165, 1.54) is 16.4 Å². The van der Waals surface area contributed by atoms with Crippen LogP contribution in [0.3, 0.4) is 0 Å². The number of amides is 1. The third-order valence-corrected chi connectivity index (χ3v) is 8.42. The van der Waals surface area contributed by atoms with Crippen molar-refractivity contribution in [2.45, 2.75) is 28.7 Å². The van der Waals surface area contributed by atoms with Crippen LogP contribution < -0.4 is 5.32 Å². The molecule has 1 amide bonds. The molecular formula is C22H26N2O5S2. The zero-order valence-electron chi connectivity index (χ0n) is 17.2. The molecule has 9 heteroatoms. The third kappa shape index (κ3) is 5.48. The van der Waals surface area contributed by atoms with Crippen molar-refractivity contribution in [3.05, 3.63) is 54.1 Å². The molecule has 0 radical (unpaired) electrons. The normalized spacial score (nSPS) is 19.9. The van der Waals surface area contributed by atoms with Gasteiger partial charge in [-0.2, -0.15) is 4.31 Å². The molecule has 4 rings (SSSR count). The molecule has 0 saturated carbocycles. The number of benzene rings is 2. The number of nitrogens with zero attached hydrogens (tertiary/aromatic N) is 1. The van der Waals surface area contributed by atoms with Crippen molar-refractivity contribution in [2.24, 2.45) is 0 Å². The number of ether oxygens (including phenoxy) is 2. The molecule has 2 saturated heterocycles. The Labute approximate surface area is 187 Å². The van der Waals surface area contributed by atoms with Crippen molar-refractivity contribution < 1.29 is 22.7 Å². The zero-order valence-corrected chi connectivity index (χ0v) is 18.8.